The summed E-state index contributed by atoms with van der Waals surface area (Å²) in [6.07, 6.45) is 4.05. The summed E-state index contributed by atoms with van der Waals surface area (Å²) < 4.78 is 18.9. The van der Waals surface area contributed by atoms with Gasteiger partial charge in [-0.15, -0.1) is 11.3 Å². The van der Waals surface area contributed by atoms with E-state index in [-0.39, 0.29) is 17.5 Å². The number of carbonyl (C=O) groups excluding carboxylic acids is 1. The van der Waals surface area contributed by atoms with Gasteiger partial charge in [-0.05, 0) is 44.0 Å². The number of halogens is 1. The van der Waals surface area contributed by atoms with Crippen molar-refractivity contribution >= 4 is 33.8 Å². The van der Waals surface area contributed by atoms with E-state index >= 15 is 0 Å². The molecule has 1 aromatic carbocycles. The number of thiazole rings is 1. The third-order valence-electron chi connectivity index (χ3n) is 4.35. The molecule has 138 valence electrons. The van der Waals surface area contributed by atoms with Crippen molar-refractivity contribution in [2.45, 2.75) is 26.2 Å². The van der Waals surface area contributed by atoms with Crippen LogP contribution in [0.15, 0.2) is 45.4 Å². The number of carbonyl (C=O) groups is 1. The highest BCUT2D eigenvalue weighted by atomic mass is 32.1. The van der Waals surface area contributed by atoms with Crippen LogP contribution in [0, 0.1) is 12.7 Å². The van der Waals surface area contributed by atoms with Crippen LogP contribution in [-0.4, -0.2) is 16.6 Å². The minimum Gasteiger partial charge on any atom is -0.455 e. The van der Waals surface area contributed by atoms with Crippen LogP contribution in [0.25, 0.3) is 0 Å². The van der Waals surface area contributed by atoms with E-state index in [1.807, 2.05) is 6.92 Å². The van der Waals surface area contributed by atoms with E-state index in [4.69, 9.17) is 4.42 Å². The van der Waals surface area contributed by atoms with Gasteiger partial charge in [0.05, 0.1) is 11.4 Å². The van der Waals surface area contributed by atoms with Crippen LogP contribution < -0.4 is 10.7 Å². The van der Waals surface area contributed by atoms with Gasteiger partial charge in [-0.2, -0.15) is 5.10 Å². The molecular formula is C19H17FN4O2S. The Kier molecular flexibility index (Phi) is 4.72. The van der Waals surface area contributed by atoms with Crippen LogP contribution in [0.4, 0.5) is 15.2 Å². The number of rotatable bonds is 4. The number of fused-ring (bicyclic) bond motifs is 1. The van der Waals surface area contributed by atoms with Crippen molar-refractivity contribution in [1.82, 2.24) is 4.98 Å². The number of furan rings is 1. The molecule has 1 amide bonds. The third kappa shape index (κ3) is 3.61. The van der Waals surface area contributed by atoms with Crippen LogP contribution in [0.5, 0.6) is 0 Å². The Balaban J connectivity index is 1.60. The molecule has 0 spiro atoms. The number of hydrogen-bond acceptors (Lipinski definition) is 6. The van der Waals surface area contributed by atoms with E-state index in [1.165, 1.54) is 23.5 Å². The summed E-state index contributed by atoms with van der Waals surface area (Å²) in [5, 5.41) is 9.55. The Labute approximate surface area is 159 Å². The highest BCUT2D eigenvalue weighted by Crippen LogP contribution is 2.30. The molecule has 0 unspecified atom stereocenters. The lowest BCUT2D eigenvalue weighted by molar-refractivity contribution is 0.0994. The zero-order chi connectivity index (χ0) is 18.8. The summed E-state index contributed by atoms with van der Waals surface area (Å²) >= 11 is 1.35. The van der Waals surface area contributed by atoms with Crippen LogP contribution in [0.3, 0.4) is 0 Å². The molecule has 0 atom stereocenters. The van der Waals surface area contributed by atoms with Gasteiger partial charge in [0, 0.05) is 29.1 Å². The molecule has 4 rings (SSSR count). The van der Waals surface area contributed by atoms with E-state index in [9.17, 15) is 9.18 Å². The molecule has 2 N–H and O–H groups in total. The lowest BCUT2D eigenvalue weighted by atomic mass is 9.93. The zero-order valence-electron chi connectivity index (χ0n) is 14.6. The Morgan fingerprint density at radius 3 is 2.85 bits per heavy atom. The molecule has 0 fully saturated rings. The fraction of sp³-hybridized carbons (Fsp3) is 0.211. The van der Waals surface area contributed by atoms with E-state index in [1.54, 1.807) is 23.7 Å². The van der Waals surface area contributed by atoms with Gasteiger partial charge in [-0.25, -0.2) is 9.37 Å². The molecule has 6 nitrogen and oxygen atoms in total. The van der Waals surface area contributed by atoms with E-state index in [0.717, 1.165) is 41.9 Å². The highest BCUT2D eigenvalue weighted by molar-refractivity contribution is 7.13. The molecule has 0 aliphatic heterocycles. The van der Waals surface area contributed by atoms with Crippen molar-refractivity contribution in [3.63, 3.8) is 0 Å². The first kappa shape index (κ1) is 17.4. The van der Waals surface area contributed by atoms with Gasteiger partial charge < -0.3 is 4.42 Å². The molecule has 8 heteroatoms. The van der Waals surface area contributed by atoms with E-state index in [2.05, 4.69) is 20.8 Å². The van der Waals surface area contributed by atoms with Gasteiger partial charge in [-0.3, -0.25) is 15.5 Å². The second kappa shape index (κ2) is 7.32. The van der Waals surface area contributed by atoms with Crippen LogP contribution >= 0.6 is 11.3 Å². The second-order valence-corrected chi connectivity index (χ2v) is 7.07. The second-order valence-electron chi connectivity index (χ2n) is 6.18. The summed E-state index contributed by atoms with van der Waals surface area (Å²) in [6.45, 7) is 1.86. The van der Waals surface area contributed by atoms with Crippen molar-refractivity contribution in [2.75, 3.05) is 10.7 Å². The zero-order valence-corrected chi connectivity index (χ0v) is 15.4. The van der Waals surface area contributed by atoms with E-state index < -0.39 is 0 Å². The molecule has 0 saturated heterocycles. The molecule has 1 aliphatic carbocycles. The lowest BCUT2D eigenvalue weighted by Crippen LogP contribution is -2.14. The van der Waals surface area contributed by atoms with Gasteiger partial charge in [-0.1, -0.05) is 0 Å². The SMILES string of the molecule is Cc1c(C(=O)Nc2nccs2)oc2c1/C(=N/Nc1ccc(F)cc1)CCC2. The molecule has 1 aliphatic rings. The molecule has 27 heavy (non-hydrogen) atoms. The predicted octanol–water partition coefficient (Wildman–Crippen LogP) is 4.59. The summed E-state index contributed by atoms with van der Waals surface area (Å²) in [5.74, 6) is 0.437. The number of nitrogens with one attached hydrogen (secondary N) is 2. The minimum atomic E-state index is -0.317. The van der Waals surface area contributed by atoms with E-state index in [0.29, 0.717) is 10.8 Å². The predicted molar refractivity (Wildman–Crippen MR) is 103 cm³/mol. The Bertz CT molecular complexity index is 994. The standard InChI is InChI=1S/C19H17FN4O2S/c1-11-16-14(24-23-13-7-5-12(20)6-8-13)3-2-4-15(16)26-17(11)18(25)22-19-21-9-10-27-19/h5-10,23H,2-4H2,1H3,(H,21,22,25)/b24-14+. The molecule has 0 saturated carbocycles. The van der Waals surface area contributed by atoms with Gasteiger partial charge in [0.2, 0.25) is 0 Å². The molecule has 2 heterocycles. The monoisotopic (exact) mass is 384 g/mol. The fourth-order valence-electron chi connectivity index (χ4n) is 3.09. The lowest BCUT2D eigenvalue weighted by Gasteiger charge is -2.13. The molecular weight excluding hydrogens is 367 g/mol. The van der Waals surface area contributed by atoms with Gasteiger partial charge in [0.25, 0.3) is 5.91 Å². The number of anilines is 2. The van der Waals surface area contributed by atoms with Crippen molar-refractivity contribution < 1.29 is 13.6 Å². The molecule has 0 bridgehead atoms. The summed E-state index contributed by atoms with van der Waals surface area (Å²) in [6, 6.07) is 5.99. The minimum absolute atomic E-state index is 0.284. The van der Waals surface area contributed by atoms with Gasteiger partial charge in [0.15, 0.2) is 10.9 Å². The first-order valence-electron chi connectivity index (χ1n) is 8.53. The summed E-state index contributed by atoms with van der Waals surface area (Å²) in [7, 11) is 0. The number of aromatic nitrogens is 1. The van der Waals surface area contributed by atoms with Crippen LogP contribution in [0.2, 0.25) is 0 Å². The number of amides is 1. The van der Waals surface area contributed by atoms with Crippen molar-refractivity contribution in [1.29, 1.82) is 0 Å². The molecule has 0 radical (unpaired) electrons. The smallest absolute Gasteiger partial charge is 0.293 e. The van der Waals surface area contributed by atoms with Crippen molar-refractivity contribution in [3.8, 4) is 0 Å². The van der Waals surface area contributed by atoms with Crippen LogP contribution in [0.1, 0.15) is 40.3 Å². The van der Waals surface area contributed by atoms with Crippen molar-refractivity contribution in [2.24, 2.45) is 5.10 Å². The van der Waals surface area contributed by atoms with Crippen molar-refractivity contribution in [3.05, 3.63) is 64.3 Å². The number of benzene rings is 1. The number of nitrogens with zero attached hydrogens (tertiary/aromatic N) is 2. The van der Waals surface area contributed by atoms with Gasteiger partial charge in [0.1, 0.15) is 11.6 Å². The number of aryl methyl sites for hydroxylation is 1. The largest absolute Gasteiger partial charge is 0.455 e. The first-order valence-corrected chi connectivity index (χ1v) is 9.41. The molecule has 2 aromatic heterocycles. The highest BCUT2D eigenvalue weighted by Gasteiger charge is 2.28. The third-order valence-corrected chi connectivity index (χ3v) is 5.04. The Morgan fingerprint density at radius 2 is 2.11 bits per heavy atom. The Morgan fingerprint density at radius 1 is 1.30 bits per heavy atom. The fourth-order valence-corrected chi connectivity index (χ4v) is 3.62. The quantitative estimate of drug-likeness (QED) is 0.645. The molecule has 3 aromatic rings. The maximum Gasteiger partial charge on any atom is 0.293 e. The number of hydrazone groups is 1. The summed E-state index contributed by atoms with van der Waals surface area (Å²) in [5.41, 5.74) is 6.12. The number of hydrogen-bond donors (Lipinski definition) is 2. The maximum absolute atomic E-state index is 13.0. The van der Waals surface area contributed by atoms with Crippen LogP contribution in [-0.2, 0) is 6.42 Å². The van der Waals surface area contributed by atoms with Gasteiger partial charge >= 0.3 is 0 Å². The summed E-state index contributed by atoms with van der Waals surface area (Å²) in [4.78, 5) is 16.6. The maximum atomic E-state index is 13.0. The normalized spacial score (nSPS) is 14.8. The average molecular weight is 384 g/mol. The topological polar surface area (TPSA) is 79.5 Å². The Hall–Kier alpha value is -3.00. The first-order chi connectivity index (χ1) is 13.1. The average Bonchev–Trinajstić information content (AvgIpc) is 3.29.